The van der Waals surface area contributed by atoms with Crippen LogP contribution in [0.15, 0.2) is 24.3 Å². The Morgan fingerprint density at radius 1 is 1.27 bits per heavy atom. The van der Waals surface area contributed by atoms with E-state index in [1.807, 2.05) is 43.3 Å². The van der Waals surface area contributed by atoms with Crippen molar-refractivity contribution in [3.05, 3.63) is 34.9 Å². The Labute approximate surface area is 135 Å². The minimum atomic E-state index is -0.984. The summed E-state index contributed by atoms with van der Waals surface area (Å²) in [6.45, 7) is 0.810. The first kappa shape index (κ1) is 16.8. The number of likely N-dealkylation sites (N-methyl/N-ethyl adjacent to an activating group) is 1. The van der Waals surface area contributed by atoms with E-state index in [4.69, 9.17) is 16.7 Å². The zero-order valence-corrected chi connectivity index (χ0v) is 13.6. The molecule has 0 spiro atoms. The molecule has 6 heteroatoms. The van der Waals surface area contributed by atoms with Crippen LogP contribution in [-0.4, -0.2) is 60.5 Å². The second kappa shape index (κ2) is 7.11. The number of aliphatic carboxylic acids is 1. The number of amides is 1. The first-order valence-corrected chi connectivity index (χ1v) is 7.67. The SMILES string of the molecule is CN(C)CCN(CC(=O)O)C(=O)[C@@H]1C[C@H]1c1ccccc1Cl. The molecule has 0 radical (unpaired) electrons. The van der Waals surface area contributed by atoms with Crippen molar-refractivity contribution < 1.29 is 14.7 Å². The molecule has 1 amide bonds. The smallest absolute Gasteiger partial charge is 0.323 e. The van der Waals surface area contributed by atoms with Gasteiger partial charge in [-0.25, -0.2) is 0 Å². The van der Waals surface area contributed by atoms with Crippen LogP contribution < -0.4 is 0 Å². The van der Waals surface area contributed by atoms with Crippen LogP contribution in [-0.2, 0) is 9.59 Å². The molecule has 1 aliphatic rings. The molecule has 1 saturated carbocycles. The summed E-state index contributed by atoms with van der Waals surface area (Å²) < 4.78 is 0. The van der Waals surface area contributed by atoms with Crippen molar-refractivity contribution in [1.29, 1.82) is 0 Å². The zero-order chi connectivity index (χ0) is 16.3. The quantitative estimate of drug-likeness (QED) is 0.832. The van der Waals surface area contributed by atoms with E-state index in [-0.39, 0.29) is 24.3 Å². The normalized spacial score (nSPS) is 20.0. The number of hydrogen-bond acceptors (Lipinski definition) is 3. The van der Waals surface area contributed by atoms with Gasteiger partial charge >= 0.3 is 5.97 Å². The average Bonchev–Trinajstić information content (AvgIpc) is 3.23. The molecule has 0 heterocycles. The largest absolute Gasteiger partial charge is 0.480 e. The highest BCUT2D eigenvalue weighted by atomic mass is 35.5. The van der Waals surface area contributed by atoms with Gasteiger partial charge in [-0.2, -0.15) is 0 Å². The van der Waals surface area contributed by atoms with Crippen molar-refractivity contribution in [2.75, 3.05) is 33.7 Å². The van der Waals surface area contributed by atoms with E-state index in [0.717, 1.165) is 12.0 Å². The van der Waals surface area contributed by atoms with Crippen molar-refractivity contribution in [3.63, 3.8) is 0 Å². The van der Waals surface area contributed by atoms with Gasteiger partial charge in [-0.1, -0.05) is 29.8 Å². The fourth-order valence-electron chi connectivity index (χ4n) is 2.57. The molecule has 1 N–H and O–H groups in total. The first-order chi connectivity index (χ1) is 10.4. The van der Waals surface area contributed by atoms with Gasteiger partial charge in [-0.15, -0.1) is 0 Å². The molecule has 22 heavy (non-hydrogen) atoms. The van der Waals surface area contributed by atoms with Crippen LogP contribution in [0.25, 0.3) is 0 Å². The molecular weight excluding hydrogens is 304 g/mol. The summed E-state index contributed by atoms with van der Waals surface area (Å²) in [5.74, 6) is -1.12. The number of rotatable bonds is 7. The summed E-state index contributed by atoms with van der Waals surface area (Å²) in [5, 5.41) is 9.67. The number of nitrogens with zero attached hydrogens (tertiary/aromatic N) is 2. The first-order valence-electron chi connectivity index (χ1n) is 7.30. The average molecular weight is 325 g/mol. The van der Waals surface area contributed by atoms with Crippen molar-refractivity contribution in [1.82, 2.24) is 9.80 Å². The lowest BCUT2D eigenvalue weighted by Crippen LogP contribution is -2.41. The molecule has 0 bridgehead atoms. The Hall–Kier alpha value is -1.59. The Kier molecular flexibility index (Phi) is 5.42. The van der Waals surface area contributed by atoms with Crippen molar-refractivity contribution >= 4 is 23.5 Å². The van der Waals surface area contributed by atoms with Crippen molar-refractivity contribution in [2.45, 2.75) is 12.3 Å². The predicted octanol–water partition coefficient (Wildman–Crippen LogP) is 1.92. The molecular formula is C16H21ClN2O3. The molecule has 2 atom stereocenters. The topological polar surface area (TPSA) is 60.9 Å². The Bertz CT molecular complexity index is 562. The van der Waals surface area contributed by atoms with Gasteiger partial charge in [-0.3, -0.25) is 9.59 Å². The van der Waals surface area contributed by atoms with Crippen molar-refractivity contribution in [3.8, 4) is 0 Å². The number of halogens is 1. The van der Waals surface area contributed by atoms with Gasteiger partial charge in [0.2, 0.25) is 5.91 Å². The standard InChI is InChI=1S/C16H21ClN2O3/c1-18(2)7-8-19(10-15(20)21)16(22)13-9-12(13)11-5-3-4-6-14(11)17/h3-6,12-13H,7-10H2,1-2H3,(H,20,21)/t12-,13+/m0/s1. The van der Waals surface area contributed by atoms with Gasteiger partial charge < -0.3 is 14.9 Å². The summed E-state index contributed by atoms with van der Waals surface area (Å²) >= 11 is 6.17. The van der Waals surface area contributed by atoms with Crippen LogP contribution >= 0.6 is 11.6 Å². The van der Waals surface area contributed by atoms with E-state index in [1.165, 1.54) is 4.90 Å². The van der Waals surface area contributed by atoms with Gasteiger partial charge in [0, 0.05) is 24.0 Å². The summed E-state index contributed by atoms with van der Waals surface area (Å²) in [7, 11) is 3.79. The summed E-state index contributed by atoms with van der Waals surface area (Å²) in [6.07, 6.45) is 0.737. The van der Waals surface area contributed by atoms with Gasteiger partial charge in [0.25, 0.3) is 0 Å². The molecule has 1 fully saturated rings. The fraction of sp³-hybridized carbons (Fsp3) is 0.500. The van der Waals surface area contributed by atoms with Gasteiger partial charge in [0.1, 0.15) is 6.54 Å². The van der Waals surface area contributed by atoms with E-state index < -0.39 is 5.97 Å². The number of carboxylic acid groups (broad SMARTS) is 1. The van der Waals surface area contributed by atoms with Crippen LogP contribution in [0, 0.1) is 5.92 Å². The van der Waals surface area contributed by atoms with E-state index in [1.54, 1.807) is 0 Å². The number of carbonyl (C=O) groups excluding carboxylic acids is 1. The number of benzene rings is 1. The number of hydrogen-bond donors (Lipinski definition) is 1. The molecule has 1 aromatic rings. The van der Waals surface area contributed by atoms with Gasteiger partial charge in [0.05, 0.1) is 0 Å². The molecule has 0 unspecified atom stereocenters. The molecule has 2 rings (SSSR count). The van der Waals surface area contributed by atoms with E-state index in [9.17, 15) is 9.59 Å². The number of carboxylic acids is 1. The second-order valence-corrected chi connectivity index (χ2v) is 6.33. The van der Waals surface area contributed by atoms with Crippen molar-refractivity contribution in [2.24, 2.45) is 5.92 Å². The molecule has 0 aromatic heterocycles. The molecule has 5 nitrogen and oxygen atoms in total. The van der Waals surface area contributed by atoms with Crippen LogP contribution in [0.4, 0.5) is 0 Å². The van der Waals surface area contributed by atoms with Crippen LogP contribution in [0.3, 0.4) is 0 Å². The van der Waals surface area contributed by atoms with E-state index in [2.05, 4.69) is 0 Å². The lowest BCUT2D eigenvalue weighted by molar-refractivity contribution is -0.145. The molecule has 0 aliphatic heterocycles. The maximum atomic E-state index is 12.5. The number of carbonyl (C=O) groups is 2. The third-order valence-corrected chi connectivity index (χ3v) is 4.21. The summed E-state index contributed by atoms with van der Waals surface area (Å²) in [4.78, 5) is 26.9. The Morgan fingerprint density at radius 2 is 1.95 bits per heavy atom. The molecule has 1 aromatic carbocycles. The van der Waals surface area contributed by atoms with Crippen LogP contribution in [0.1, 0.15) is 17.9 Å². The van der Waals surface area contributed by atoms with Gasteiger partial charge in [0.15, 0.2) is 0 Å². The van der Waals surface area contributed by atoms with Crippen LogP contribution in [0.5, 0.6) is 0 Å². The second-order valence-electron chi connectivity index (χ2n) is 5.93. The third-order valence-electron chi connectivity index (χ3n) is 3.87. The predicted molar refractivity (Wildman–Crippen MR) is 85.1 cm³/mol. The van der Waals surface area contributed by atoms with E-state index in [0.29, 0.717) is 18.1 Å². The summed E-state index contributed by atoms with van der Waals surface area (Å²) in [5.41, 5.74) is 0.977. The molecule has 120 valence electrons. The summed E-state index contributed by atoms with van der Waals surface area (Å²) in [6, 6.07) is 7.51. The Balaban J connectivity index is 2.02. The molecule has 0 saturated heterocycles. The monoisotopic (exact) mass is 324 g/mol. The lowest BCUT2D eigenvalue weighted by Gasteiger charge is -2.23. The fourth-order valence-corrected chi connectivity index (χ4v) is 2.85. The van der Waals surface area contributed by atoms with Crippen LogP contribution in [0.2, 0.25) is 5.02 Å². The molecule has 1 aliphatic carbocycles. The highest BCUT2D eigenvalue weighted by Gasteiger charge is 2.46. The maximum absolute atomic E-state index is 12.5. The third kappa shape index (κ3) is 4.21. The zero-order valence-electron chi connectivity index (χ0n) is 12.8. The highest BCUT2D eigenvalue weighted by molar-refractivity contribution is 6.31. The minimum Gasteiger partial charge on any atom is -0.480 e. The maximum Gasteiger partial charge on any atom is 0.323 e. The highest BCUT2D eigenvalue weighted by Crippen LogP contribution is 2.50. The Morgan fingerprint density at radius 3 is 2.55 bits per heavy atom. The van der Waals surface area contributed by atoms with E-state index >= 15 is 0 Å². The lowest BCUT2D eigenvalue weighted by atomic mass is 10.1. The minimum absolute atomic E-state index is 0.0887. The van der Waals surface area contributed by atoms with Gasteiger partial charge in [-0.05, 0) is 38.1 Å².